The molecule has 0 fully saturated rings. The summed E-state index contributed by atoms with van der Waals surface area (Å²) in [5.41, 5.74) is 7.46. The van der Waals surface area contributed by atoms with Gasteiger partial charge >= 0.3 is 29.6 Å². The summed E-state index contributed by atoms with van der Waals surface area (Å²) < 4.78 is 159. The van der Waals surface area contributed by atoms with Gasteiger partial charge in [0.2, 0.25) is 0 Å². The number of rotatable bonds is 10. The topological polar surface area (TPSA) is 52.0 Å². The average Bonchev–Trinajstić information content (AvgIpc) is 2.45. The molecule has 0 heterocycles. The lowest BCUT2D eigenvalue weighted by Gasteiger charge is -2.42. The molecule has 1 unspecified atom stereocenters. The molecular formula is C12H16F12N2. The molecule has 158 valence electrons. The van der Waals surface area contributed by atoms with Gasteiger partial charge in [-0.2, -0.15) is 43.9 Å². The first-order valence-corrected chi connectivity index (χ1v) is 7.03. The summed E-state index contributed by atoms with van der Waals surface area (Å²) in [6.45, 7) is 1.49. The molecule has 0 aliphatic heterocycles. The summed E-state index contributed by atoms with van der Waals surface area (Å²) >= 11 is 0. The van der Waals surface area contributed by atoms with E-state index in [1.165, 1.54) is 6.92 Å². The molecule has 0 aromatic carbocycles. The molecule has 2 nitrogen and oxygen atoms in total. The van der Waals surface area contributed by atoms with E-state index in [1.807, 2.05) is 0 Å². The first-order valence-electron chi connectivity index (χ1n) is 7.03. The Labute approximate surface area is 139 Å². The molecule has 0 saturated heterocycles. The van der Waals surface area contributed by atoms with E-state index in [0.29, 0.717) is 0 Å². The van der Waals surface area contributed by atoms with Gasteiger partial charge in [-0.05, 0) is 6.42 Å². The molecular weight excluding hydrogens is 400 g/mol. The number of halogens is 12. The molecule has 0 bridgehead atoms. The number of alkyl halides is 12. The Balaban J connectivity index is 6.00. The molecule has 0 radical (unpaired) electrons. The van der Waals surface area contributed by atoms with Gasteiger partial charge in [-0.15, -0.1) is 0 Å². The third kappa shape index (κ3) is 3.71. The predicted octanol–water partition coefficient (Wildman–Crippen LogP) is 4.62. The molecule has 0 rings (SSSR count). The van der Waals surface area contributed by atoms with Crippen LogP contribution < -0.4 is 11.5 Å². The highest BCUT2D eigenvalue weighted by atomic mass is 19.4. The Kier molecular flexibility index (Phi) is 6.99. The van der Waals surface area contributed by atoms with Gasteiger partial charge in [0.25, 0.3) is 5.92 Å². The van der Waals surface area contributed by atoms with E-state index in [1.54, 1.807) is 0 Å². The van der Waals surface area contributed by atoms with Gasteiger partial charge < -0.3 is 0 Å². The van der Waals surface area contributed by atoms with Crippen molar-refractivity contribution in [1.82, 2.24) is 0 Å². The highest BCUT2D eigenvalue weighted by Gasteiger charge is 2.89. The monoisotopic (exact) mass is 416 g/mol. The van der Waals surface area contributed by atoms with E-state index in [9.17, 15) is 52.7 Å². The average molecular weight is 416 g/mol. The second-order valence-corrected chi connectivity index (χ2v) is 5.65. The minimum atomic E-state index is -7.61. The summed E-state index contributed by atoms with van der Waals surface area (Å²) in [6.07, 6.45) is -5.71. The quantitative estimate of drug-likeness (QED) is 0.236. The molecule has 14 heteroatoms. The molecule has 0 saturated carbocycles. The van der Waals surface area contributed by atoms with Gasteiger partial charge in [0.05, 0.1) is 0 Å². The molecule has 26 heavy (non-hydrogen) atoms. The van der Waals surface area contributed by atoms with Gasteiger partial charge in [-0.25, -0.2) is 8.78 Å². The maximum atomic E-state index is 13.4. The smallest absolute Gasteiger partial charge is 0.281 e. The zero-order valence-electron chi connectivity index (χ0n) is 13.1. The lowest BCUT2D eigenvalue weighted by molar-refractivity contribution is -0.419. The molecule has 0 aliphatic carbocycles. The van der Waals surface area contributed by atoms with Crippen molar-refractivity contribution in [3.8, 4) is 0 Å². The van der Waals surface area contributed by atoms with Gasteiger partial charge in [0.1, 0.15) is 0 Å². The van der Waals surface area contributed by atoms with Crippen LogP contribution in [-0.2, 0) is 0 Å². The third-order valence-electron chi connectivity index (χ3n) is 3.54. The minimum absolute atomic E-state index is 0.0113. The number of hydrogen-bond acceptors (Lipinski definition) is 2. The number of nitrogens with two attached hydrogens (primary N) is 2. The van der Waals surface area contributed by atoms with Crippen molar-refractivity contribution in [3.05, 3.63) is 0 Å². The summed E-state index contributed by atoms with van der Waals surface area (Å²) in [7, 11) is 0. The molecule has 0 amide bonds. The van der Waals surface area contributed by atoms with Crippen LogP contribution in [0.2, 0.25) is 0 Å². The first kappa shape index (κ1) is 25.1. The maximum Gasteiger partial charge on any atom is 0.384 e. The predicted molar refractivity (Wildman–Crippen MR) is 66.0 cm³/mol. The Hall–Kier alpha value is -0.920. The summed E-state index contributed by atoms with van der Waals surface area (Å²) in [5, 5.41) is 0. The lowest BCUT2D eigenvalue weighted by Crippen LogP contribution is -2.75. The van der Waals surface area contributed by atoms with Crippen LogP contribution >= 0.6 is 0 Å². The number of unbranched alkanes of at least 4 members (excludes halogenated alkanes) is 2. The standard InChI is InChI=1S/C12H16F12N2/c1-2-3-4-5-6(13)7(14,15)8(16,17)9(18,19)10(20,21)11(22,23)12(24,25)26/h6H,2-5,25-26H2,1H3. The van der Waals surface area contributed by atoms with Crippen molar-refractivity contribution in [2.45, 2.75) is 74.3 Å². The van der Waals surface area contributed by atoms with Crippen LogP contribution in [0.4, 0.5) is 52.7 Å². The van der Waals surface area contributed by atoms with Crippen LogP contribution in [0.25, 0.3) is 0 Å². The van der Waals surface area contributed by atoms with Crippen LogP contribution in [-0.4, -0.2) is 41.7 Å². The van der Waals surface area contributed by atoms with Crippen molar-refractivity contribution >= 4 is 0 Å². The van der Waals surface area contributed by atoms with E-state index in [-0.39, 0.29) is 12.8 Å². The van der Waals surface area contributed by atoms with Crippen LogP contribution in [0.15, 0.2) is 0 Å². The molecule has 0 aliphatic rings. The van der Waals surface area contributed by atoms with E-state index < -0.39 is 54.5 Å². The molecule has 0 aromatic rings. The van der Waals surface area contributed by atoms with E-state index in [4.69, 9.17) is 0 Å². The second kappa shape index (κ2) is 7.24. The van der Waals surface area contributed by atoms with Gasteiger partial charge in [0.15, 0.2) is 6.17 Å². The van der Waals surface area contributed by atoms with Crippen molar-refractivity contribution < 1.29 is 52.7 Å². The van der Waals surface area contributed by atoms with Crippen LogP contribution in [0.5, 0.6) is 0 Å². The summed E-state index contributed by atoms with van der Waals surface area (Å²) in [5.74, 6) is -41.3. The number of hydrogen-bond donors (Lipinski definition) is 2. The van der Waals surface area contributed by atoms with E-state index >= 15 is 0 Å². The molecule has 0 spiro atoms. The van der Waals surface area contributed by atoms with Crippen LogP contribution in [0.3, 0.4) is 0 Å². The summed E-state index contributed by atoms with van der Waals surface area (Å²) in [4.78, 5) is 0. The molecule has 4 N–H and O–H groups in total. The Bertz CT molecular complexity index is 471. The van der Waals surface area contributed by atoms with Gasteiger partial charge in [-0.1, -0.05) is 26.2 Å². The Morgan fingerprint density at radius 2 is 1.04 bits per heavy atom. The van der Waals surface area contributed by atoms with Crippen molar-refractivity contribution in [1.29, 1.82) is 0 Å². The largest absolute Gasteiger partial charge is 0.384 e. The van der Waals surface area contributed by atoms with E-state index in [2.05, 4.69) is 11.5 Å². The highest BCUT2D eigenvalue weighted by molar-refractivity contribution is 5.12. The van der Waals surface area contributed by atoms with Gasteiger partial charge in [0, 0.05) is 0 Å². The van der Waals surface area contributed by atoms with Crippen LogP contribution in [0.1, 0.15) is 32.6 Å². The lowest BCUT2D eigenvalue weighted by atomic mass is 9.89. The molecule has 0 aromatic heterocycles. The Morgan fingerprint density at radius 3 is 1.38 bits per heavy atom. The minimum Gasteiger partial charge on any atom is -0.281 e. The van der Waals surface area contributed by atoms with Crippen molar-refractivity contribution in [3.63, 3.8) is 0 Å². The first-order chi connectivity index (χ1) is 11.2. The molecule has 1 atom stereocenters. The zero-order valence-corrected chi connectivity index (χ0v) is 13.1. The summed E-state index contributed by atoms with van der Waals surface area (Å²) in [6, 6.07) is 0. The third-order valence-corrected chi connectivity index (χ3v) is 3.54. The maximum absolute atomic E-state index is 13.4. The SMILES string of the molecule is CCCCCC(F)C(F)(F)C(F)(F)C(F)(F)C(F)(F)C(F)(F)C(N)(N)F. The van der Waals surface area contributed by atoms with Crippen molar-refractivity contribution in [2.24, 2.45) is 11.5 Å². The fraction of sp³-hybridized carbons (Fsp3) is 1.00. The second-order valence-electron chi connectivity index (χ2n) is 5.65. The fourth-order valence-corrected chi connectivity index (χ4v) is 1.80. The van der Waals surface area contributed by atoms with Gasteiger partial charge in [-0.3, -0.25) is 11.5 Å². The highest BCUT2D eigenvalue weighted by Crippen LogP contribution is 2.59. The zero-order chi connectivity index (χ0) is 21.4. The van der Waals surface area contributed by atoms with E-state index in [0.717, 1.165) is 0 Å². The Morgan fingerprint density at radius 1 is 0.654 bits per heavy atom. The normalized spacial score (nSPS) is 16.7. The van der Waals surface area contributed by atoms with Crippen LogP contribution in [0, 0.1) is 0 Å². The van der Waals surface area contributed by atoms with Crippen molar-refractivity contribution in [2.75, 3.05) is 0 Å². The fourth-order valence-electron chi connectivity index (χ4n) is 1.80.